The zero-order valence-electron chi connectivity index (χ0n) is 20.6. The van der Waals surface area contributed by atoms with E-state index in [0.717, 1.165) is 27.8 Å². The smallest absolute Gasteiger partial charge is 0.261 e. The van der Waals surface area contributed by atoms with E-state index in [2.05, 4.69) is 25.2 Å². The normalized spacial score (nSPS) is 11.9. The van der Waals surface area contributed by atoms with Gasteiger partial charge in [0.25, 0.3) is 5.91 Å². The number of aryl methyl sites for hydroxylation is 3. The summed E-state index contributed by atoms with van der Waals surface area (Å²) < 4.78 is 5.95. The highest BCUT2D eigenvalue weighted by atomic mass is 16.5. The van der Waals surface area contributed by atoms with Gasteiger partial charge in [-0.25, -0.2) is 0 Å². The van der Waals surface area contributed by atoms with Crippen molar-refractivity contribution in [2.45, 2.75) is 67.5 Å². The molecular weight excluding hydrogens is 400 g/mol. The maximum atomic E-state index is 13.3. The van der Waals surface area contributed by atoms with Crippen LogP contribution in [0.2, 0.25) is 0 Å². The first-order chi connectivity index (χ1) is 15.1. The number of nitrogens with zero attached hydrogens (tertiary/aromatic N) is 1. The summed E-state index contributed by atoms with van der Waals surface area (Å²) in [6.07, 6.45) is 0.532. The van der Waals surface area contributed by atoms with Crippen molar-refractivity contribution in [2.75, 3.05) is 13.2 Å². The van der Waals surface area contributed by atoms with Gasteiger partial charge in [0.1, 0.15) is 11.8 Å². The minimum absolute atomic E-state index is 0.108. The minimum atomic E-state index is -0.550. The van der Waals surface area contributed by atoms with Crippen molar-refractivity contribution in [1.82, 2.24) is 10.2 Å². The molecule has 2 aromatic rings. The Balaban J connectivity index is 2.24. The van der Waals surface area contributed by atoms with Crippen molar-refractivity contribution in [3.8, 4) is 5.75 Å². The van der Waals surface area contributed by atoms with Gasteiger partial charge >= 0.3 is 0 Å². The molecule has 0 aliphatic heterocycles. The third-order valence-corrected chi connectivity index (χ3v) is 5.66. The van der Waals surface area contributed by atoms with Crippen LogP contribution < -0.4 is 10.1 Å². The molecule has 2 amide bonds. The Hall–Kier alpha value is -2.82. The molecule has 5 heteroatoms. The van der Waals surface area contributed by atoms with Gasteiger partial charge in [0, 0.05) is 13.1 Å². The van der Waals surface area contributed by atoms with Gasteiger partial charge in [0.2, 0.25) is 5.91 Å². The topological polar surface area (TPSA) is 58.6 Å². The average Bonchev–Trinajstić information content (AvgIpc) is 2.74. The van der Waals surface area contributed by atoms with Gasteiger partial charge in [-0.15, -0.1) is 0 Å². The molecule has 5 nitrogen and oxygen atoms in total. The van der Waals surface area contributed by atoms with Gasteiger partial charge in [-0.05, 0) is 68.4 Å². The SMILES string of the molecule is CC[C@@H](C(=O)NCC(C)C)N(Cc1ccc(C)cc1)C(=O)COc1cc(C)cc(C)c1C. The Morgan fingerprint density at radius 3 is 2.25 bits per heavy atom. The lowest BCUT2D eigenvalue weighted by atomic mass is 10.1. The molecule has 0 radical (unpaired) electrons. The van der Waals surface area contributed by atoms with Gasteiger partial charge in [0.15, 0.2) is 6.61 Å². The molecule has 0 aromatic heterocycles. The molecule has 0 heterocycles. The van der Waals surface area contributed by atoms with E-state index in [1.54, 1.807) is 4.90 Å². The zero-order chi connectivity index (χ0) is 23.8. The summed E-state index contributed by atoms with van der Waals surface area (Å²) in [6, 6.07) is 11.5. The van der Waals surface area contributed by atoms with E-state index < -0.39 is 6.04 Å². The molecule has 0 saturated carbocycles. The summed E-state index contributed by atoms with van der Waals surface area (Å²) in [4.78, 5) is 27.9. The Labute approximate surface area is 193 Å². The van der Waals surface area contributed by atoms with Crippen LogP contribution in [0.25, 0.3) is 0 Å². The van der Waals surface area contributed by atoms with Crippen molar-refractivity contribution in [3.05, 3.63) is 64.2 Å². The van der Waals surface area contributed by atoms with Crippen LogP contribution >= 0.6 is 0 Å². The number of carbonyl (C=O) groups excluding carboxylic acids is 2. The fourth-order valence-corrected chi connectivity index (χ4v) is 3.61. The number of carbonyl (C=O) groups is 2. The number of benzene rings is 2. The van der Waals surface area contributed by atoms with Crippen molar-refractivity contribution in [2.24, 2.45) is 5.92 Å². The van der Waals surface area contributed by atoms with Crippen LogP contribution in [0.4, 0.5) is 0 Å². The van der Waals surface area contributed by atoms with Gasteiger partial charge in [-0.1, -0.05) is 56.7 Å². The van der Waals surface area contributed by atoms with Crippen molar-refractivity contribution in [1.29, 1.82) is 0 Å². The molecular formula is C27H38N2O3. The van der Waals surface area contributed by atoms with E-state index in [1.165, 1.54) is 0 Å². The molecule has 0 bridgehead atoms. The number of amides is 2. The second kappa shape index (κ2) is 11.7. The van der Waals surface area contributed by atoms with E-state index >= 15 is 0 Å². The fourth-order valence-electron chi connectivity index (χ4n) is 3.61. The molecule has 1 atom stereocenters. The molecule has 2 aromatic carbocycles. The second-order valence-corrected chi connectivity index (χ2v) is 9.06. The highest BCUT2D eigenvalue weighted by Crippen LogP contribution is 2.23. The second-order valence-electron chi connectivity index (χ2n) is 9.06. The molecule has 1 N–H and O–H groups in total. The summed E-state index contributed by atoms with van der Waals surface area (Å²) in [6.45, 7) is 14.9. The molecule has 2 rings (SSSR count). The Morgan fingerprint density at radius 1 is 1.00 bits per heavy atom. The van der Waals surface area contributed by atoms with Crippen molar-refractivity contribution < 1.29 is 14.3 Å². The van der Waals surface area contributed by atoms with Crippen LogP contribution in [0.1, 0.15) is 55.0 Å². The van der Waals surface area contributed by atoms with Crippen LogP contribution in [0.3, 0.4) is 0 Å². The fraction of sp³-hybridized carbons (Fsp3) is 0.481. The van der Waals surface area contributed by atoms with Crippen LogP contribution in [-0.4, -0.2) is 35.9 Å². The summed E-state index contributed by atoms with van der Waals surface area (Å²) >= 11 is 0. The quantitative estimate of drug-likeness (QED) is 0.575. The molecule has 0 spiro atoms. The number of nitrogens with one attached hydrogen (secondary N) is 1. The lowest BCUT2D eigenvalue weighted by Crippen LogP contribution is -2.50. The molecule has 0 aliphatic carbocycles. The molecule has 0 aliphatic rings. The lowest BCUT2D eigenvalue weighted by Gasteiger charge is -2.31. The first-order valence-electron chi connectivity index (χ1n) is 11.5. The lowest BCUT2D eigenvalue weighted by molar-refractivity contribution is -0.143. The largest absolute Gasteiger partial charge is 0.483 e. The zero-order valence-corrected chi connectivity index (χ0v) is 20.6. The van der Waals surface area contributed by atoms with Crippen molar-refractivity contribution in [3.63, 3.8) is 0 Å². The maximum absolute atomic E-state index is 13.3. The number of rotatable bonds is 10. The predicted octanol–water partition coefficient (Wildman–Crippen LogP) is 4.88. The molecule has 0 fully saturated rings. The summed E-state index contributed by atoms with van der Waals surface area (Å²) in [7, 11) is 0. The van der Waals surface area contributed by atoms with Gasteiger partial charge in [-0.3, -0.25) is 9.59 Å². The van der Waals surface area contributed by atoms with Gasteiger partial charge in [-0.2, -0.15) is 0 Å². The van der Waals surface area contributed by atoms with Crippen LogP contribution in [-0.2, 0) is 16.1 Å². The number of ether oxygens (including phenoxy) is 1. The predicted molar refractivity (Wildman–Crippen MR) is 130 cm³/mol. The summed E-state index contributed by atoms with van der Waals surface area (Å²) in [5.74, 6) is 0.733. The molecule has 0 saturated heterocycles. The summed E-state index contributed by atoms with van der Waals surface area (Å²) in [5.41, 5.74) is 5.38. The average molecular weight is 439 g/mol. The van der Waals surface area contributed by atoms with E-state index in [9.17, 15) is 9.59 Å². The van der Waals surface area contributed by atoms with Crippen LogP contribution in [0, 0.1) is 33.6 Å². The third-order valence-electron chi connectivity index (χ3n) is 5.66. The van der Waals surface area contributed by atoms with Crippen LogP contribution in [0.15, 0.2) is 36.4 Å². The first-order valence-corrected chi connectivity index (χ1v) is 11.5. The van der Waals surface area contributed by atoms with Crippen molar-refractivity contribution >= 4 is 11.8 Å². The third kappa shape index (κ3) is 7.11. The molecule has 0 unspecified atom stereocenters. The highest BCUT2D eigenvalue weighted by Gasteiger charge is 2.29. The maximum Gasteiger partial charge on any atom is 0.261 e. The van der Waals surface area contributed by atoms with Gasteiger partial charge in [0.05, 0.1) is 0 Å². The van der Waals surface area contributed by atoms with E-state index in [4.69, 9.17) is 4.74 Å². The van der Waals surface area contributed by atoms with E-state index in [1.807, 2.05) is 65.0 Å². The number of hydrogen-bond acceptors (Lipinski definition) is 3. The van der Waals surface area contributed by atoms with Gasteiger partial charge < -0.3 is 15.0 Å². The molecule has 32 heavy (non-hydrogen) atoms. The first kappa shape index (κ1) is 25.4. The van der Waals surface area contributed by atoms with E-state index in [-0.39, 0.29) is 18.4 Å². The standard InChI is InChI=1S/C27H38N2O3/c1-8-24(27(31)28-15-18(2)3)29(16-23-11-9-19(4)10-12-23)26(30)17-32-25-14-20(5)13-21(6)22(25)7/h9-14,18,24H,8,15-17H2,1-7H3,(H,28,31)/t24-/m0/s1. The van der Waals surface area contributed by atoms with Crippen LogP contribution in [0.5, 0.6) is 5.75 Å². The Bertz CT molecular complexity index is 919. The minimum Gasteiger partial charge on any atom is -0.483 e. The highest BCUT2D eigenvalue weighted by molar-refractivity contribution is 5.88. The number of hydrogen-bond donors (Lipinski definition) is 1. The Kier molecular flexibility index (Phi) is 9.30. The summed E-state index contributed by atoms with van der Waals surface area (Å²) in [5, 5.41) is 2.99. The Morgan fingerprint density at radius 2 is 1.66 bits per heavy atom. The monoisotopic (exact) mass is 438 g/mol. The van der Waals surface area contributed by atoms with E-state index in [0.29, 0.717) is 31.2 Å². The molecule has 174 valence electrons.